The second-order valence-electron chi connectivity index (χ2n) is 5.89. The molecule has 114 valence electrons. The monoisotopic (exact) mass is 295 g/mol. The number of benzene rings is 2. The third-order valence-electron chi connectivity index (χ3n) is 4.46. The van der Waals surface area contributed by atoms with E-state index in [2.05, 4.69) is 5.32 Å². The van der Waals surface area contributed by atoms with Crippen LogP contribution in [0, 0.1) is 0 Å². The van der Waals surface area contributed by atoms with E-state index in [9.17, 15) is 4.79 Å². The van der Waals surface area contributed by atoms with Crippen LogP contribution < -0.4 is 10.1 Å². The van der Waals surface area contributed by atoms with Crippen LogP contribution in [0.25, 0.3) is 0 Å². The van der Waals surface area contributed by atoms with Gasteiger partial charge in [0.25, 0.3) is 0 Å². The molecule has 0 heterocycles. The number of hydrogen-bond donors (Lipinski definition) is 1. The summed E-state index contributed by atoms with van der Waals surface area (Å²) in [7, 11) is 1.65. The molecule has 1 fully saturated rings. The Bertz CT molecular complexity index is 662. The molecule has 1 N–H and O–H groups in total. The number of ether oxygens (including phenoxy) is 1. The number of amides is 1. The number of carbonyl (C=O) groups is 1. The van der Waals surface area contributed by atoms with Crippen LogP contribution in [0.4, 0.5) is 0 Å². The van der Waals surface area contributed by atoms with E-state index in [0.29, 0.717) is 0 Å². The van der Waals surface area contributed by atoms with Crippen LogP contribution >= 0.6 is 0 Å². The Kier molecular flexibility index (Phi) is 3.88. The van der Waals surface area contributed by atoms with Gasteiger partial charge in [0, 0.05) is 5.56 Å². The zero-order valence-corrected chi connectivity index (χ0v) is 13.0. The topological polar surface area (TPSA) is 38.3 Å². The SMILES string of the molecule is COc1ccccc1[C@@H](C)NC(=O)C1(c2ccccc2)CC1. The predicted molar refractivity (Wildman–Crippen MR) is 86.9 cm³/mol. The fraction of sp³-hybridized carbons (Fsp3) is 0.316. The Labute approximate surface area is 131 Å². The zero-order valence-electron chi connectivity index (χ0n) is 13.0. The third-order valence-corrected chi connectivity index (χ3v) is 4.46. The minimum atomic E-state index is -0.336. The van der Waals surface area contributed by atoms with Crippen molar-refractivity contribution >= 4 is 5.91 Å². The van der Waals surface area contributed by atoms with Gasteiger partial charge in [-0.05, 0) is 31.4 Å². The molecule has 0 radical (unpaired) electrons. The molecule has 1 aliphatic carbocycles. The predicted octanol–water partition coefficient (Wildman–Crippen LogP) is 3.60. The maximum atomic E-state index is 12.8. The van der Waals surface area contributed by atoms with Crippen LogP contribution in [0.3, 0.4) is 0 Å². The Morgan fingerprint density at radius 2 is 1.73 bits per heavy atom. The summed E-state index contributed by atoms with van der Waals surface area (Å²) < 4.78 is 5.38. The Morgan fingerprint density at radius 3 is 2.36 bits per heavy atom. The lowest BCUT2D eigenvalue weighted by Crippen LogP contribution is -2.36. The van der Waals surface area contributed by atoms with Gasteiger partial charge in [-0.25, -0.2) is 0 Å². The molecule has 0 unspecified atom stereocenters. The summed E-state index contributed by atoms with van der Waals surface area (Å²) in [6.45, 7) is 2.00. The van der Waals surface area contributed by atoms with Crippen LogP contribution in [-0.4, -0.2) is 13.0 Å². The molecule has 0 bridgehead atoms. The Morgan fingerprint density at radius 1 is 1.09 bits per heavy atom. The van der Waals surface area contributed by atoms with Gasteiger partial charge in [-0.15, -0.1) is 0 Å². The maximum absolute atomic E-state index is 12.8. The minimum Gasteiger partial charge on any atom is -0.496 e. The molecular formula is C19H21NO2. The van der Waals surface area contributed by atoms with E-state index >= 15 is 0 Å². The van der Waals surface area contributed by atoms with E-state index < -0.39 is 0 Å². The van der Waals surface area contributed by atoms with Gasteiger partial charge in [-0.2, -0.15) is 0 Å². The number of carbonyl (C=O) groups excluding carboxylic acids is 1. The van der Waals surface area contributed by atoms with Crippen molar-refractivity contribution in [3.8, 4) is 5.75 Å². The fourth-order valence-corrected chi connectivity index (χ4v) is 2.97. The van der Waals surface area contributed by atoms with Crippen molar-refractivity contribution < 1.29 is 9.53 Å². The Balaban J connectivity index is 1.77. The normalized spacial score (nSPS) is 16.6. The van der Waals surface area contributed by atoms with Crippen LogP contribution in [0.15, 0.2) is 54.6 Å². The van der Waals surface area contributed by atoms with E-state index in [1.165, 1.54) is 0 Å². The lowest BCUT2D eigenvalue weighted by molar-refractivity contribution is -0.124. The molecule has 3 nitrogen and oxygen atoms in total. The van der Waals surface area contributed by atoms with Crippen molar-refractivity contribution in [2.45, 2.75) is 31.2 Å². The van der Waals surface area contributed by atoms with E-state index in [1.807, 2.05) is 61.5 Å². The largest absolute Gasteiger partial charge is 0.496 e. The molecule has 3 rings (SSSR count). The first-order valence-corrected chi connectivity index (χ1v) is 7.67. The second-order valence-corrected chi connectivity index (χ2v) is 5.89. The van der Waals surface area contributed by atoms with Crippen molar-refractivity contribution in [3.05, 3.63) is 65.7 Å². The molecule has 1 saturated carbocycles. The zero-order chi connectivity index (χ0) is 15.6. The van der Waals surface area contributed by atoms with Crippen LogP contribution in [0.2, 0.25) is 0 Å². The van der Waals surface area contributed by atoms with E-state index in [-0.39, 0.29) is 17.4 Å². The summed E-state index contributed by atoms with van der Waals surface area (Å²) in [5.41, 5.74) is 1.78. The third kappa shape index (κ3) is 2.59. The first kappa shape index (κ1) is 14.6. The van der Waals surface area contributed by atoms with E-state index in [4.69, 9.17) is 4.74 Å². The van der Waals surface area contributed by atoms with Crippen molar-refractivity contribution in [1.82, 2.24) is 5.32 Å². The lowest BCUT2D eigenvalue weighted by atomic mass is 9.94. The van der Waals surface area contributed by atoms with E-state index in [1.54, 1.807) is 7.11 Å². The quantitative estimate of drug-likeness (QED) is 0.915. The van der Waals surface area contributed by atoms with Crippen molar-refractivity contribution in [3.63, 3.8) is 0 Å². The van der Waals surface area contributed by atoms with Gasteiger partial charge in [-0.1, -0.05) is 48.5 Å². The fourth-order valence-electron chi connectivity index (χ4n) is 2.97. The van der Waals surface area contributed by atoms with Crippen molar-refractivity contribution in [2.24, 2.45) is 0 Å². The second kappa shape index (κ2) is 5.84. The van der Waals surface area contributed by atoms with E-state index in [0.717, 1.165) is 29.7 Å². The molecule has 3 heteroatoms. The van der Waals surface area contributed by atoms with Gasteiger partial charge in [0.1, 0.15) is 5.75 Å². The van der Waals surface area contributed by atoms with Crippen LogP contribution in [-0.2, 0) is 10.2 Å². The number of methoxy groups -OCH3 is 1. The summed E-state index contributed by atoms with van der Waals surface area (Å²) in [6, 6.07) is 17.8. The lowest BCUT2D eigenvalue weighted by Gasteiger charge is -2.21. The molecule has 2 aromatic carbocycles. The highest BCUT2D eigenvalue weighted by atomic mass is 16.5. The molecule has 0 aromatic heterocycles. The first-order chi connectivity index (χ1) is 10.7. The number of rotatable bonds is 5. The summed E-state index contributed by atoms with van der Waals surface area (Å²) in [5, 5.41) is 3.15. The van der Waals surface area contributed by atoms with Crippen LogP contribution in [0.5, 0.6) is 5.75 Å². The highest BCUT2D eigenvalue weighted by Gasteiger charge is 2.51. The summed E-state index contributed by atoms with van der Waals surface area (Å²) in [4.78, 5) is 12.8. The van der Waals surface area contributed by atoms with Crippen molar-refractivity contribution in [2.75, 3.05) is 7.11 Å². The van der Waals surface area contributed by atoms with Gasteiger partial charge >= 0.3 is 0 Å². The highest BCUT2D eigenvalue weighted by molar-refractivity contribution is 5.91. The molecule has 22 heavy (non-hydrogen) atoms. The molecule has 0 saturated heterocycles. The molecule has 1 amide bonds. The van der Waals surface area contributed by atoms with Crippen molar-refractivity contribution in [1.29, 1.82) is 0 Å². The van der Waals surface area contributed by atoms with Gasteiger partial charge in [-0.3, -0.25) is 4.79 Å². The molecule has 2 aromatic rings. The smallest absolute Gasteiger partial charge is 0.231 e. The number of para-hydroxylation sites is 1. The van der Waals surface area contributed by atoms with Gasteiger partial charge in [0.2, 0.25) is 5.91 Å². The molecule has 0 aliphatic heterocycles. The van der Waals surface area contributed by atoms with Gasteiger partial charge < -0.3 is 10.1 Å². The average molecular weight is 295 g/mol. The summed E-state index contributed by atoms with van der Waals surface area (Å²) >= 11 is 0. The first-order valence-electron chi connectivity index (χ1n) is 7.67. The highest BCUT2D eigenvalue weighted by Crippen LogP contribution is 2.48. The minimum absolute atomic E-state index is 0.0789. The van der Waals surface area contributed by atoms with Gasteiger partial charge in [0.05, 0.1) is 18.6 Å². The Hall–Kier alpha value is -2.29. The molecule has 1 aliphatic rings. The summed E-state index contributed by atoms with van der Waals surface area (Å²) in [6.07, 6.45) is 1.84. The standard InChI is InChI=1S/C19H21NO2/c1-14(16-10-6-7-11-17(16)22-2)20-18(21)19(12-13-19)15-8-4-3-5-9-15/h3-11,14H,12-13H2,1-2H3,(H,20,21)/t14-/m1/s1. The molecule has 1 atom stereocenters. The molecular weight excluding hydrogens is 274 g/mol. The average Bonchev–Trinajstić information content (AvgIpc) is 3.37. The van der Waals surface area contributed by atoms with Gasteiger partial charge in [0.15, 0.2) is 0 Å². The number of nitrogens with one attached hydrogen (secondary N) is 1. The maximum Gasteiger partial charge on any atom is 0.231 e. The molecule has 0 spiro atoms. The van der Waals surface area contributed by atoms with Crippen LogP contribution in [0.1, 0.15) is 36.9 Å². The summed E-state index contributed by atoms with van der Waals surface area (Å²) in [5.74, 6) is 0.914. The number of hydrogen-bond acceptors (Lipinski definition) is 2.